The molecule has 0 saturated carbocycles. The van der Waals surface area contributed by atoms with E-state index in [2.05, 4.69) is 5.10 Å². The Labute approximate surface area is 126 Å². The summed E-state index contributed by atoms with van der Waals surface area (Å²) in [6.45, 7) is 4.74. The zero-order chi connectivity index (χ0) is 15.1. The van der Waals surface area contributed by atoms with Gasteiger partial charge in [0.25, 0.3) is 5.91 Å². The van der Waals surface area contributed by atoms with Crippen LogP contribution in [-0.4, -0.2) is 57.6 Å². The summed E-state index contributed by atoms with van der Waals surface area (Å²) in [7, 11) is 1.89. The summed E-state index contributed by atoms with van der Waals surface area (Å²) in [4.78, 5) is 16.2. The first kappa shape index (κ1) is 14.5. The van der Waals surface area contributed by atoms with Crippen molar-refractivity contribution in [1.29, 1.82) is 0 Å². The number of carbonyl (C=O) groups is 1. The van der Waals surface area contributed by atoms with Crippen LogP contribution in [0.2, 0.25) is 0 Å². The van der Waals surface area contributed by atoms with Gasteiger partial charge in [0.2, 0.25) is 0 Å². The second-order valence-electron chi connectivity index (χ2n) is 5.48. The van der Waals surface area contributed by atoms with Gasteiger partial charge in [-0.05, 0) is 19.9 Å². The average Bonchev–Trinajstić information content (AvgIpc) is 3.01. The van der Waals surface area contributed by atoms with Gasteiger partial charge in [-0.2, -0.15) is 5.10 Å². The van der Waals surface area contributed by atoms with Gasteiger partial charge in [-0.1, -0.05) is 0 Å². The quantitative estimate of drug-likeness (QED) is 0.904. The number of rotatable bonds is 2. The molecule has 21 heavy (non-hydrogen) atoms. The van der Waals surface area contributed by atoms with Crippen LogP contribution in [0.5, 0.6) is 0 Å². The molecule has 114 valence electrons. The third kappa shape index (κ3) is 2.45. The van der Waals surface area contributed by atoms with Gasteiger partial charge >= 0.3 is 0 Å². The number of fused-ring (bicyclic) bond motifs is 1. The summed E-state index contributed by atoms with van der Waals surface area (Å²) in [5.41, 5.74) is 0.936. The Morgan fingerprint density at radius 2 is 2.38 bits per heavy atom. The summed E-state index contributed by atoms with van der Waals surface area (Å²) in [6.07, 6.45) is -0.289. The van der Waals surface area contributed by atoms with E-state index < -0.39 is 0 Å². The number of ether oxygens (including phenoxy) is 1. The van der Waals surface area contributed by atoms with E-state index in [1.165, 1.54) is 11.3 Å². The largest absolute Gasteiger partial charge is 0.394 e. The number of aryl methyl sites for hydroxylation is 2. The Hall–Kier alpha value is -1.44. The fraction of sp³-hybridized carbons (Fsp3) is 0.571. The molecule has 1 amide bonds. The van der Waals surface area contributed by atoms with Crippen molar-refractivity contribution in [3.63, 3.8) is 0 Å². The smallest absolute Gasteiger partial charge is 0.264 e. The number of hydrogen-bond acceptors (Lipinski definition) is 5. The summed E-state index contributed by atoms with van der Waals surface area (Å²) < 4.78 is 7.29. The molecule has 0 aliphatic carbocycles. The first-order valence-corrected chi connectivity index (χ1v) is 7.79. The standard InChI is InChI=1S/C14H19N3O3S/c1-8-7-20-10(6-18)5-17(8)13(19)12-4-11-9(2)15-16(3)14(11)21-12/h4,8,10,18H,5-7H2,1-3H3. The van der Waals surface area contributed by atoms with E-state index in [0.29, 0.717) is 18.0 Å². The monoisotopic (exact) mass is 309 g/mol. The molecule has 1 aliphatic heterocycles. The molecule has 3 rings (SSSR count). The van der Waals surface area contributed by atoms with Crippen molar-refractivity contribution in [2.75, 3.05) is 19.8 Å². The first-order valence-electron chi connectivity index (χ1n) is 6.97. The summed E-state index contributed by atoms with van der Waals surface area (Å²) in [5.74, 6) is 0.00449. The van der Waals surface area contributed by atoms with Crippen LogP contribution in [0.25, 0.3) is 10.2 Å². The molecule has 1 saturated heterocycles. The zero-order valence-corrected chi connectivity index (χ0v) is 13.2. The molecule has 0 radical (unpaired) electrons. The number of thiophene rings is 1. The highest BCUT2D eigenvalue weighted by atomic mass is 32.1. The molecular weight excluding hydrogens is 290 g/mol. The number of amides is 1. The maximum absolute atomic E-state index is 12.7. The van der Waals surface area contributed by atoms with Crippen LogP contribution in [0.4, 0.5) is 0 Å². The lowest BCUT2D eigenvalue weighted by atomic mass is 10.2. The van der Waals surface area contributed by atoms with Crippen LogP contribution in [0, 0.1) is 6.92 Å². The normalized spacial score (nSPS) is 23.0. The van der Waals surface area contributed by atoms with Crippen molar-refractivity contribution >= 4 is 27.5 Å². The van der Waals surface area contributed by atoms with Gasteiger partial charge in [0.05, 0.1) is 35.9 Å². The third-order valence-electron chi connectivity index (χ3n) is 3.88. The van der Waals surface area contributed by atoms with Crippen LogP contribution in [0.1, 0.15) is 22.3 Å². The summed E-state index contributed by atoms with van der Waals surface area (Å²) in [5, 5.41) is 14.6. The highest BCUT2D eigenvalue weighted by Gasteiger charge is 2.31. The zero-order valence-electron chi connectivity index (χ0n) is 12.4. The minimum atomic E-state index is -0.289. The Balaban J connectivity index is 1.90. The van der Waals surface area contributed by atoms with Gasteiger partial charge in [-0.15, -0.1) is 11.3 Å². The molecule has 2 aromatic rings. The lowest BCUT2D eigenvalue weighted by molar-refractivity contribution is -0.0666. The molecule has 3 heterocycles. The predicted molar refractivity (Wildman–Crippen MR) is 80.7 cm³/mol. The van der Waals surface area contributed by atoms with Crippen molar-refractivity contribution in [3.05, 3.63) is 16.6 Å². The molecule has 0 spiro atoms. The Kier molecular flexibility index (Phi) is 3.73. The molecule has 1 fully saturated rings. The van der Waals surface area contributed by atoms with E-state index in [1.807, 2.05) is 31.6 Å². The second-order valence-corrected chi connectivity index (χ2v) is 6.51. The molecule has 1 N–H and O–H groups in total. The molecular formula is C14H19N3O3S. The molecule has 1 aliphatic rings. The maximum Gasteiger partial charge on any atom is 0.264 e. The number of aromatic nitrogens is 2. The average molecular weight is 309 g/mol. The van der Waals surface area contributed by atoms with Crippen molar-refractivity contribution in [2.24, 2.45) is 7.05 Å². The van der Waals surface area contributed by atoms with E-state index in [0.717, 1.165) is 15.9 Å². The third-order valence-corrected chi connectivity index (χ3v) is 5.07. The number of carbonyl (C=O) groups excluding carboxylic acids is 1. The van der Waals surface area contributed by atoms with E-state index in [9.17, 15) is 9.90 Å². The SMILES string of the molecule is Cc1nn(C)c2sc(C(=O)N3CC(CO)OCC3C)cc12. The number of morpholine rings is 1. The van der Waals surface area contributed by atoms with Crippen LogP contribution in [0.3, 0.4) is 0 Å². The minimum Gasteiger partial charge on any atom is -0.394 e. The van der Waals surface area contributed by atoms with Gasteiger partial charge in [0.15, 0.2) is 0 Å². The number of aliphatic hydroxyl groups is 1. The van der Waals surface area contributed by atoms with Crippen LogP contribution < -0.4 is 0 Å². The van der Waals surface area contributed by atoms with Crippen molar-refractivity contribution in [2.45, 2.75) is 26.0 Å². The Morgan fingerprint density at radius 3 is 3.05 bits per heavy atom. The lowest BCUT2D eigenvalue weighted by Gasteiger charge is -2.37. The molecule has 2 aromatic heterocycles. The topological polar surface area (TPSA) is 67.6 Å². The second kappa shape index (κ2) is 5.40. The van der Waals surface area contributed by atoms with Crippen LogP contribution in [0.15, 0.2) is 6.07 Å². The first-order chi connectivity index (χ1) is 10.0. The molecule has 6 nitrogen and oxygen atoms in total. The Morgan fingerprint density at radius 1 is 1.62 bits per heavy atom. The lowest BCUT2D eigenvalue weighted by Crippen LogP contribution is -2.51. The molecule has 7 heteroatoms. The summed E-state index contributed by atoms with van der Waals surface area (Å²) in [6, 6.07) is 1.94. The number of nitrogens with zero attached hydrogens (tertiary/aromatic N) is 3. The molecule has 0 bridgehead atoms. The van der Waals surface area contributed by atoms with Crippen LogP contribution in [-0.2, 0) is 11.8 Å². The van der Waals surface area contributed by atoms with Crippen molar-refractivity contribution < 1.29 is 14.6 Å². The highest BCUT2D eigenvalue weighted by molar-refractivity contribution is 7.20. The van der Waals surface area contributed by atoms with E-state index >= 15 is 0 Å². The fourth-order valence-electron chi connectivity index (χ4n) is 2.66. The van der Waals surface area contributed by atoms with Crippen molar-refractivity contribution in [3.8, 4) is 0 Å². The Bertz CT molecular complexity index is 644. The van der Waals surface area contributed by atoms with Gasteiger partial charge in [0, 0.05) is 19.0 Å². The minimum absolute atomic E-state index is 0.00449. The fourth-order valence-corrected chi connectivity index (χ4v) is 3.74. The van der Waals surface area contributed by atoms with Crippen molar-refractivity contribution in [1.82, 2.24) is 14.7 Å². The highest BCUT2D eigenvalue weighted by Crippen LogP contribution is 2.29. The number of hydrogen-bond donors (Lipinski definition) is 1. The van der Waals surface area contributed by atoms with Gasteiger partial charge in [0.1, 0.15) is 4.83 Å². The summed E-state index contributed by atoms with van der Waals surface area (Å²) >= 11 is 1.46. The molecule has 2 unspecified atom stereocenters. The van der Waals surface area contributed by atoms with Gasteiger partial charge < -0.3 is 14.7 Å². The van der Waals surface area contributed by atoms with E-state index in [4.69, 9.17) is 4.74 Å². The van der Waals surface area contributed by atoms with Gasteiger partial charge in [-0.3, -0.25) is 9.48 Å². The maximum atomic E-state index is 12.7. The number of aliphatic hydroxyl groups excluding tert-OH is 1. The van der Waals surface area contributed by atoms with E-state index in [1.54, 1.807) is 4.90 Å². The van der Waals surface area contributed by atoms with Crippen LogP contribution >= 0.6 is 11.3 Å². The van der Waals surface area contributed by atoms with Gasteiger partial charge in [-0.25, -0.2) is 0 Å². The van der Waals surface area contributed by atoms with E-state index in [-0.39, 0.29) is 24.7 Å². The molecule has 0 aromatic carbocycles. The predicted octanol–water partition coefficient (Wildman–Crippen LogP) is 1.17. The molecule has 2 atom stereocenters.